The largest absolute Gasteiger partial charge is 0.490 e. The summed E-state index contributed by atoms with van der Waals surface area (Å²) in [5.41, 5.74) is 0. The van der Waals surface area contributed by atoms with Crippen molar-refractivity contribution in [3.05, 3.63) is 57.0 Å². The van der Waals surface area contributed by atoms with Gasteiger partial charge in [0.25, 0.3) is 0 Å². The second kappa shape index (κ2) is 7.04. The second-order valence-electron chi connectivity index (χ2n) is 3.73. The molecule has 2 nitrogen and oxygen atoms in total. The van der Waals surface area contributed by atoms with Gasteiger partial charge in [0, 0.05) is 9.50 Å². The molecule has 0 unspecified atom stereocenters. The summed E-state index contributed by atoms with van der Waals surface area (Å²) in [7, 11) is 0. The first kappa shape index (κ1) is 14.5. The van der Waals surface area contributed by atoms with Crippen molar-refractivity contribution < 1.29 is 9.47 Å². The molecule has 0 saturated carbocycles. The molecule has 0 atom stereocenters. The van der Waals surface area contributed by atoms with Crippen molar-refractivity contribution in [1.29, 1.82) is 0 Å². The Morgan fingerprint density at radius 2 is 1.74 bits per heavy atom. The molecule has 0 bridgehead atoms. The van der Waals surface area contributed by atoms with Crippen molar-refractivity contribution in [2.24, 2.45) is 0 Å². The first-order valence-electron chi connectivity index (χ1n) is 5.61. The summed E-state index contributed by atoms with van der Waals surface area (Å²) in [6, 6.07) is 12.8. The van der Waals surface area contributed by atoms with Gasteiger partial charge in [-0.1, -0.05) is 45.2 Å². The molecule has 0 aromatic heterocycles. The summed E-state index contributed by atoms with van der Waals surface area (Å²) in [4.78, 5) is 0. The van der Waals surface area contributed by atoms with Crippen molar-refractivity contribution in [2.75, 3.05) is 13.2 Å². The van der Waals surface area contributed by atoms with E-state index in [-0.39, 0.29) is 0 Å². The van der Waals surface area contributed by atoms with Crippen LogP contribution in [-0.4, -0.2) is 13.2 Å². The summed E-state index contributed by atoms with van der Waals surface area (Å²) >= 11 is 15.2. The second-order valence-corrected chi connectivity index (χ2v) is 5.49. The predicted molar refractivity (Wildman–Crippen MR) is 81.6 cm³/mol. The van der Waals surface area contributed by atoms with E-state index in [2.05, 4.69) is 15.9 Å². The van der Waals surface area contributed by atoms with Gasteiger partial charge in [-0.15, -0.1) is 0 Å². The molecular weight excluding hydrogens is 351 g/mol. The average Bonchev–Trinajstić information content (AvgIpc) is 2.37. The molecule has 0 fully saturated rings. The zero-order chi connectivity index (χ0) is 13.7. The maximum atomic E-state index is 5.99. The smallest absolute Gasteiger partial charge is 0.138 e. The van der Waals surface area contributed by atoms with Gasteiger partial charge in [-0.05, 0) is 36.4 Å². The Morgan fingerprint density at radius 3 is 2.47 bits per heavy atom. The lowest BCUT2D eigenvalue weighted by Gasteiger charge is -2.09. The van der Waals surface area contributed by atoms with Gasteiger partial charge in [0.2, 0.25) is 0 Å². The monoisotopic (exact) mass is 360 g/mol. The minimum atomic E-state index is 0.411. The standard InChI is InChI=1S/C14H11BrCl2O2/c15-10-2-1-3-12(8-10)18-6-7-19-14-5-4-11(16)9-13(14)17/h1-5,8-9H,6-7H2. The van der Waals surface area contributed by atoms with Crippen LogP contribution in [0, 0.1) is 0 Å². The topological polar surface area (TPSA) is 18.5 Å². The Labute approximate surface area is 130 Å². The minimum absolute atomic E-state index is 0.411. The third kappa shape index (κ3) is 4.60. The van der Waals surface area contributed by atoms with Crippen molar-refractivity contribution in [3.8, 4) is 11.5 Å². The lowest BCUT2D eigenvalue weighted by molar-refractivity contribution is 0.217. The van der Waals surface area contributed by atoms with Crippen molar-refractivity contribution in [1.82, 2.24) is 0 Å². The molecule has 19 heavy (non-hydrogen) atoms. The molecule has 0 spiro atoms. The van der Waals surface area contributed by atoms with Crippen LogP contribution in [0.1, 0.15) is 0 Å². The van der Waals surface area contributed by atoms with E-state index in [1.807, 2.05) is 24.3 Å². The molecular formula is C14H11BrCl2O2. The van der Waals surface area contributed by atoms with E-state index in [1.165, 1.54) is 0 Å². The van der Waals surface area contributed by atoms with Gasteiger partial charge in [0.15, 0.2) is 0 Å². The number of benzene rings is 2. The highest BCUT2D eigenvalue weighted by Crippen LogP contribution is 2.27. The zero-order valence-electron chi connectivity index (χ0n) is 9.91. The third-order valence-corrected chi connectivity index (χ3v) is 3.32. The highest BCUT2D eigenvalue weighted by molar-refractivity contribution is 9.10. The summed E-state index contributed by atoms with van der Waals surface area (Å²) < 4.78 is 12.0. The molecule has 0 aliphatic carbocycles. The fourth-order valence-corrected chi connectivity index (χ4v) is 2.30. The Balaban J connectivity index is 1.81. The van der Waals surface area contributed by atoms with Crippen LogP contribution in [0.15, 0.2) is 46.9 Å². The van der Waals surface area contributed by atoms with E-state index in [0.717, 1.165) is 10.2 Å². The SMILES string of the molecule is Clc1ccc(OCCOc2cccc(Br)c2)c(Cl)c1. The molecule has 0 amide bonds. The summed E-state index contributed by atoms with van der Waals surface area (Å²) in [5, 5.41) is 1.08. The van der Waals surface area contributed by atoms with Gasteiger partial charge in [-0.2, -0.15) is 0 Å². The van der Waals surface area contributed by atoms with Gasteiger partial charge in [-0.25, -0.2) is 0 Å². The van der Waals surface area contributed by atoms with Gasteiger partial charge in [0.1, 0.15) is 24.7 Å². The Kier molecular flexibility index (Phi) is 5.37. The van der Waals surface area contributed by atoms with Crippen LogP contribution in [0.4, 0.5) is 0 Å². The minimum Gasteiger partial charge on any atom is -0.490 e. The van der Waals surface area contributed by atoms with Crippen molar-refractivity contribution in [2.45, 2.75) is 0 Å². The fourth-order valence-electron chi connectivity index (χ4n) is 1.46. The highest BCUT2D eigenvalue weighted by atomic mass is 79.9. The molecule has 5 heteroatoms. The van der Waals surface area contributed by atoms with E-state index in [4.69, 9.17) is 32.7 Å². The van der Waals surface area contributed by atoms with E-state index in [9.17, 15) is 0 Å². The fraction of sp³-hybridized carbons (Fsp3) is 0.143. The number of hydrogen-bond acceptors (Lipinski definition) is 2. The van der Waals surface area contributed by atoms with E-state index < -0.39 is 0 Å². The lowest BCUT2D eigenvalue weighted by atomic mass is 10.3. The van der Waals surface area contributed by atoms with Crippen molar-refractivity contribution >= 4 is 39.1 Å². The van der Waals surface area contributed by atoms with Crippen molar-refractivity contribution in [3.63, 3.8) is 0 Å². The van der Waals surface area contributed by atoms with Crippen LogP contribution in [0.5, 0.6) is 11.5 Å². The lowest BCUT2D eigenvalue weighted by Crippen LogP contribution is -2.09. The molecule has 2 aromatic carbocycles. The molecule has 0 aliphatic rings. The first-order chi connectivity index (χ1) is 9.15. The highest BCUT2D eigenvalue weighted by Gasteiger charge is 2.02. The molecule has 2 aromatic rings. The van der Waals surface area contributed by atoms with Gasteiger partial charge in [-0.3, -0.25) is 0 Å². The summed E-state index contributed by atoms with van der Waals surface area (Å²) in [5.74, 6) is 1.39. The quantitative estimate of drug-likeness (QED) is 0.680. The van der Waals surface area contributed by atoms with E-state index >= 15 is 0 Å². The van der Waals surface area contributed by atoms with E-state index in [1.54, 1.807) is 18.2 Å². The maximum Gasteiger partial charge on any atom is 0.138 e. The van der Waals surface area contributed by atoms with Crippen LogP contribution in [0.2, 0.25) is 10.0 Å². The van der Waals surface area contributed by atoms with Gasteiger partial charge >= 0.3 is 0 Å². The number of halogens is 3. The van der Waals surface area contributed by atoms with Gasteiger partial charge < -0.3 is 9.47 Å². The van der Waals surface area contributed by atoms with Crippen LogP contribution < -0.4 is 9.47 Å². The number of rotatable bonds is 5. The van der Waals surface area contributed by atoms with Crippen LogP contribution in [0.25, 0.3) is 0 Å². The molecule has 0 radical (unpaired) electrons. The van der Waals surface area contributed by atoms with Crippen LogP contribution in [0.3, 0.4) is 0 Å². The Hall–Kier alpha value is -0.900. The van der Waals surface area contributed by atoms with Crippen LogP contribution in [-0.2, 0) is 0 Å². The molecule has 0 N–H and O–H groups in total. The third-order valence-electron chi connectivity index (χ3n) is 2.30. The predicted octanol–water partition coefficient (Wildman–Crippen LogP) is 5.21. The normalized spacial score (nSPS) is 10.3. The molecule has 2 rings (SSSR count). The first-order valence-corrected chi connectivity index (χ1v) is 7.16. The molecule has 0 heterocycles. The Morgan fingerprint density at radius 1 is 0.947 bits per heavy atom. The number of hydrogen-bond donors (Lipinski definition) is 0. The van der Waals surface area contributed by atoms with Crippen LogP contribution >= 0.6 is 39.1 Å². The molecule has 100 valence electrons. The summed E-state index contributed by atoms with van der Waals surface area (Å²) in [6.45, 7) is 0.850. The zero-order valence-corrected chi connectivity index (χ0v) is 13.0. The summed E-state index contributed by atoms with van der Waals surface area (Å²) in [6.07, 6.45) is 0. The van der Waals surface area contributed by atoms with Gasteiger partial charge in [0.05, 0.1) is 5.02 Å². The molecule has 0 aliphatic heterocycles. The van der Waals surface area contributed by atoms with E-state index in [0.29, 0.717) is 29.0 Å². The average molecular weight is 362 g/mol. The number of ether oxygens (including phenoxy) is 2. The Bertz CT molecular complexity index is 561. The molecule has 0 saturated heterocycles. The maximum absolute atomic E-state index is 5.99.